The first kappa shape index (κ1) is 20.3. The van der Waals surface area contributed by atoms with Gasteiger partial charge in [-0.3, -0.25) is 9.59 Å². The van der Waals surface area contributed by atoms with Crippen molar-refractivity contribution in [3.05, 3.63) is 65.7 Å². The number of para-hydroxylation sites is 1. The van der Waals surface area contributed by atoms with E-state index in [1.165, 1.54) is 6.08 Å². The predicted molar refractivity (Wildman–Crippen MR) is 112 cm³/mol. The van der Waals surface area contributed by atoms with Crippen molar-refractivity contribution in [2.75, 3.05) is 17.2 Å². The SMILES string of the molecule is CCOC(=O)/C=C/c1ccc(NC(=O)CCC2Cc3ccccc3NC2=O)cc1. The van der Waals surface area contributed by atoms with E-state index in [9.17, 15) is 14.4 Å². The molecule has 29 heavy (non-hydrogen) atoms. The molecule has 6 nitrogen and oxygen atoms in total. The zero-order valence-corrected chi connectivity index (χ0v) is 16.3. The number of carbonyl (C=O) groups is 3. The van der Waals surface area contributed by atoms with Crippen molar-refractivity contribution in [3.8, 4) is 0 Å². The van der Waals surface area contributed by atoms with Crippen molar-refractivity contribution in [2.24, 2.45) is 5.92 Å². The lowest BCUT2D eigenvalue weighted by Crippen LogP contribution is -2.30. The summed E-state index contributed by atoms with van der Waals surface area (Å²) in [6.07, 6.45) is 4.43. The van der Waals surface area contributed by atoms with Crippen LogP contribution in [-0.2, 0) is 25.5 Å². The Hall–Kier alpha value is -3.41. The maximum absolute atomic E-state index is 12.3. The first-order valence-corrected chi connectivity index (χ1v) is 9.68. The predicted octanol–water partition coefficient (Wildman–Crippen LogP) is 3.79. The number of hydrogen-bond acceptors (Lipinski definition) is 4. The van der Waals surface area contributed by atoms with E-state index < -0.39 is 0 Å². The quantitative estimate of drug-likeness (QED) is 0.555. The molecule has 1 heterocycles. The molecule has 2 N–H and O–H groups in total. The molecule has 1 unspecified atom stereocenters. The normalized spacial score (nSPS) is 15.5. The molecule has 0 spiro atoms. The number of fused-ring (bicyclic) bond motifs is 1. The number of esters is 1. The van der Waals surface area contributed by atoms with E-state index in [0.717, 1.165) is 16.8 Å². The topological polar surface area (TPSA) is 84.5 Å². The zero-order valence-electron chi connectivity index (χ0n) is 16.3. The second-order valence-electron chi connectivity index (χ2n) is 6.84. The highest BCUT2D eigenvalue weighted by Crippen LogP contribution is 2.27. The van der Waals surface area contributed by atoms with Crippen LogP contribution in [0.25, 0.3) is 6.08 Å². The van der Waals surface area contributed by atoms with Crippen LogP contribution in [0.3, 0.4) is 0 Å². The van der Waals surface area contributed by atoms with E-state index in [0.29, 0.717) is 25.1 Å². The van der Waals surface area contributed by atoms with Crippen LogP contribution in [0, 0.1) is 5.92 Å². The molecule has 0 bridgehead atoms. The Morgan fingerprint density at radius 2 is 1.93 bits per heavy atom. The number of ether oxygens (including phenoxy) is 1. The van der Waals surface area contributed by atoms with Gasteiger partial charge in [0.2, 0.25) is 11.8 Å². The van der Waals surface area contributed by atoms with Crippen molar-refractivity contribution < 1.29 is 19.1 Å². The minimum absolute atomic E-state index is 0.0331. The number of hydrogen-bond donors (Lipinski definition) is 2. The van der Waals surface area contributed by atoms with Gasteiger partial charge in [-0.05, 0) is 55.2 Å². The summed E-state index contributed by atoms with van der Waals surface area (Å²) in [6, 6.07) is 14.9. The molecular formula is C23H24N2O4. The van der Waals surface area contributed by atoms with Crippen LogP contribution in [0.2, 0.25) is 0 Å². The third kappa shape index (κ3) is 5.78. The molecule has 2 amide bonds. The van der Waals surface area contributed by atoms with E-state index in [1.807, 2.05) is 24.3 Å². The van der Waals surface area contributed by atoms with Gasteiger partial charge < -0.3 is 15.4 Å². The van der Waals surface area contributed by atoms with Gasteiger partial charge in [0, 0.05) is 29.8 Å². The van der Waals surface area contributed by atoms with Crippen LogP contribution in [-0.4, -0.2) is 24.4 Å². The summed E-state index contributed by atoms with van der Waals surface area (Å²) >= 11 is 0. The molecule has 0 aliphatic carbocycles. The van der Waals surface area contributed by atoms with Crippen LogP contribution in [0.1, 0.15) is 30.9 Å². The first-order valence-electron chi connectivity index (χ1n) is 9.68. The average Bonchev–Trinajstić information content (AvgIpc) is 2.72. The summed E-state index contributed by atoms with van der Waals surface area (Å²) in [4.78, 5) is 35.8. The van der Waals surface area contributed by atoms with Gasteiger partial charge in [-0.25, -0.2) is 4.79 Å². The number of anilines is 2. The smallest absolute Gasteiger partial charge is 0.330 e. The van der Waals surface area contributed by atoms with Gasteiger partial charge in [-0.2, -0.15) is 0 Å². The minimum Gasteiger partial charge on any atom is -0.463 e. The van der Waals surface area contributed by atoms with E-state index in [1.54, 1.807) is 37.3 Å². The molecule has 0 saturated carbocycles. The van der Waals surface area contributed by atoms with Gasteiger partial charge in [0.1, 0.15) is 0 Å². The molecule has 1 atom stereocenters. The summed E-state index contributed by atoms with van der Waals surface area (Å²) in [6.45, 7) is 2.09. The van der Waals surface area contributed by atoms with Crippen molar-refractivity contribution in [3.63, 3.8) is 0 Å². The van der Waals surface area contributed by atoms with Crippen LogP contribution < -0.4 is 10.6 Å². The molecule has 2 aromatic carbocycles. The van der Waals surface area contributed by atoms with Crippen LogP contribution in [0.15, 0.2) is 54.6 Å². The van der Waals surface area contributed by atoms with E-state index >= 15 is 0 Å². The van der Waals surface area contributed by atoms with Crippen LogP contribution in [0.4, 0.5) is 11.4 Å². The Balaban J connectivity index is 1.48. The second kappa shape index (κ2) is 9.68. The monoisotopic (exact) mass is 392 g/mol. The summed E-state index contributed by atoms with van der Waals surface area (Å²) < 4.78 is 4.83. The molecule has 150 valence electrons. The summed E-state index contributed by atoms with van der Waals surface area (Å²) in [7, 11) is 0. The summed E-state index contributed by atoms with van der Waals surface area (Å²) in [5.41, 5.74) is 3.45. The minimum atomic E-state index is -0.390. The van der Waals surface area contributed by atoms with Crippen molar-refractivity contribution in [1.29, 1.82) is 0 Å². The largest absolute Gasteiger partial charge is 0.463 e. The molecule has 2 aromatic rings. The lowest BCUT2D eigenvalue weighted by Gasteiger charge is -2.24. The lowest BCUT2D eigenvalue weighted by atomic mass is 9.89. The van der Waals surface area contributed by atoms with E-state index in [4.69, 9.17) is 4.74 Å². The van der Waals surface area contributed by atoms with Crippen LogP contribution >= 0.6 is 0 Å². The fraction of sp³-hybridized carbons (Fsp3) is 0.261. The number of rotatable bonds is 7. The molecule has 0 aromatic heterocycles. The number of amides is 2. The molecule has 3 rings (SSSR count). The standard InChI is InChI=1S/C23H24N2O4/c1-2-29-22(27)14-9-16-7-11-19(12-8-16)24-21(26)13-10-18-15-17-5-3-4-6-20(17)25-23(18)28/h3-9,11-12,14,18H,2,10,13,15H2,1H3,(H,24,26)(H,25,28)/b14-9+. The molecule has 6 heteroatoms. The van der Waals surface area contributed by atoms with E-state index in [-0.39, 0.29) is 30.1 Å². The Bertz CT molecular complexity index is 919. The highest BCUT2D eigenvalue weighted by atomic mass is 16.5. The third-order valence-corrected chi connectivity index (χ3v) is 4.73. The third-order valence-electron chi connectivity index (χ3n) is 4.73. The van der Waals surface area contributed by atoms with Gasteiger partial charge in [-0.1, -0.05) is 30.3 Å². The summed E-state index contributed by atoms with van der Waals surface area (Å²) in [5.74, 6) is -0.758. The highest BCUT2D eigenvalue weighted by Gasteiger charge is 2.26. The maximum Gasteiger partial charge on any atom is 0.330 e. The first-order chi connectivity index (χ1) is 14.0. The van der Waals surface area contributed by atoms with Gasteiger partial charge in [0.05, 0.1) is 6.61 Å². The van der Waals surface area contributed by atoms with Gasteiger partial charge >= 0.3 is 5.97 Å². The lowest BCUT2D eigenvalue weighted by molar-refractivity contribution is -0.137. The molecule has 0 fully saturated rings. The number of nitrogens with one attached hydrogen (secondary N) is 2. The number of benzene rings is 2. The molecular weight excluding hydrogens is 368 g/mol. The molecule has 1 aliphatic rings. The van der Waals surface area contributed by atoms with Crippen molar-refractivity contribution in [2.45, 2.75) is 26.2 Å². The second-order valence-corrected chi connectivity index (χ2v) is 6.84. The van der Waals surface area contributed by atoms with Gasteiger partial charge in [0.25, 0.3) is 0 Å². The van der Waals surface area contributed by atoms with Crippen LogP contribution in [0.5, 0.6) is 0 Å². The molecule has 0 saturated heterocycles. The maximum atomic E-state index is 12.3. The fourth-order valence-corrected chi connectivity index (χ4v) is 3.21. The Morgan fingerprint density at radius 1 is 1.17 bits per heavy atom. The Labute approximate surface area is 170 Å². The highest BCUT2D eigenvalue weighted by molar-refractivity contribution is 5.96. The molecule has 0 radical (unpaired) electrons. The molecule has 1 aliphatic heterocycles. The zero-order chi connectivity index (χ0) is 20.6. The van der Waals surface area contributed by atoms with Crippen molar-refractivity contribution in [1.82, 2.24) is 0 Å². The van der Waals surface area contributed by atoms with Crippen molar-refractivity contribution >= 4 is 35.2 Å². The Morgan fingerprint density at radius 3 is 2.69 bits per heavy atom. The fourth-order valence-electron chi connectivity index (χ4n) is 3.21. The number of carbonyl (C=O) groups excluding carboxylic acids is 3. The van der Waals surface area contributed by atoms with E-state index in [2.05, 4.69) is 10.6 Å². The van der Waals surface area contributed by atoms with Gasteiger partial charge in [-0.15, -0.1) is 0 Å². The average molecular weight is 392 g/mol. The van der Waals surface area contributed by atoms with Gasteiger partial charge in [0.15, 0.2) is 0 Å². The summed E-state index contributed by atoms with van der Waals surface area (Å²) in [5, 5.41) is 5.75. The Kier molecular flexibility index (Phi) is 6.79.